The fourth-order valence-electron chi connectivity index (χ4n) is 3.43. The Kier molecular flexibility index (Phi) is 5.45. The first-order valence-electron chi connectivity index (χ1n) is 9.35. The van der Waals surface area contributed by atoms with E-state index in [-0.39, 0.29) is 11.1 Å². The Labute approximate surface area is 178 Å². The number of methoxy groups -OCH3 is 2. The summed E-state index contributed by atoms with van der Waals surface area (Å²) >= 11 is 6.06. The second-order valence-corrected chi connectivity index (χ2v) is 7.11. The van der Waals surface area contributed by atoms with Crippen LogP contribution in [0.5, 0.6) is 11.5 Å². The highest BCUT2D eigenvalue weighted by atomic mass is 35.5. The van der Waals surface area contributed by atoms with Crippen LogP contribution in [0.4, 0.5) is 11.8 Å². The van der Waals surface area contributed by atoms with E-state index in [4.69, 9.17) is 26.8 Å². The minimum Gasteiger partial charge on any atom is -0.493 e. The third kappa shape index (κ3) is 3.63. The monoisotopic (exact) mass is 428 g/mol. The lowest BCUT2D eigenvalue weighted by Crippen LogP contribution is -2.49. The van der Waals surface area contributed by atoms with Crippen molar-refractivity contribution in [2.45, 2.75) is 0 Å². The first-order chi connectivity index (χ1) is 14.5. The molecule has 1 aliphatic rings. The number of rotatable bonds is 4. The molecule has 30 heavy (non-hydrogen) atoms. The molecule has 0 unspecified atom stereocenters. The summed E-state index contributed by atoms with van der Waals surface area (Å²) in [5, 5.41) is 0.899. The van der Waals surface area contributed by atoms with Crippen molar-refractivity contribution in [1.29, 1.82) is 0 Å². The van der Waals surface area contributed by atoms with Crippen molar-refractivity contribution in [3.63, 3.8) is 0 Å². The van der Waals surface area contributed by atoms with Gasteiger partial charge in [0, 0.05) is 43.8 Å². The summed E-state index contributed by atoms with van der Waals surface area (Å²) in [6, 6.07) is 6.92. The number of hydrogen-bond donors (Lipinski definition) is 1. The molecule has 10 heteroatoms. The number of piperazine rings is 1. The molecule has 3 heterocycles. The zero-order valence-electron chi connectivity index (χ0n) is 16.6. The number of amides is 1. The van der Waals surface area contributed by atoms with E-state index >= 15 is 0 Å². The molecule has 156 valence electrons. The molecule has 0 bridgehead atoms. The van der Waals surface area contributed by atoms with Crippen LogP contribution >= 0.6 is 11.6 Å². The van der Waals surface area contributed by atoms with Gasteiger partial charge in [-0.15, -0.1) is 0 Å². The number of hydrogen-bond acceptors (Lipinski definition) is 8. The van der Waals surface area contributed by atoms with Gasteiger partial charge in [-0.25, -0.2) is 9.97 Å². The Morgan fingerprint density at radius 1 is 1.10 bits per heavy atom. The first kappa shape index (κ1) is 20.0. The summed E-state index contributed by atoms with van der Waals surface area (Å²) < 4.78 is 10.7. The molecule has 4 rings (SSSR count). The second-order valence-electron chi connectivity index (χ2n) is 6.75. The van der Waals surface area contributed by atoms with Gasteiger partial charge in [0.2, 0.25) is 5.95 Å². The minimum atomic E-state index is -0.136. The van der Waals surface area contributed by atoms with Crippen molar-refractivity contribution in [3.8, 4) is 11.5 Å². The van der Waals surface area contributed by atoms with Crippen LogP contribution in [0.3, 0.4) is 0 Å². The summed E-state index contributed by atoms with van der Waals surface area (Å²) in [4.78, 5) is 29.6. The van der Waals surface area contributed by atoms with E-state index in [2.05, 4.69) is 15.0 Å². The van der Waals surface area contributed by atoms with Crippen LogP contribution < -0.4 is 20.1 Å². The van der Waals surface area contributed by atoms with Crippen molar-refractivity contribution in [1.82, 2.24) is 19.9 Å². The van der Waals surface area contributed by atoms with E-state index in [1.165, 1.54) is 0 Å². The highest BCUT2D eigenvalue weighted by Gasteiger charge is 2.25. The number of nitrogens with zero attached hydrogens (tertiary/aromatic N) is 5. The lowest BCUT2D eigenvalue weighted by molar-refractivity contribution is 0.0746. The Morgan fingerprint density at radius 3 is 2.47 bits per heavy atom. The predicted molar refractivity (Wildman–Crippen MR) is 114 cm³/mol. The van der Waals surface area contributed by atoms with Gasteiger partial charge in [-0.2, -0.15) is 4.98 Å². The quantitative estimate of drug-likeness (QED) is 0.630. The highest BCUT2D eigenvalue weighted by molar-refractivity contribution is 6.32. The van der Waals surface area contributed by atoms with Gasteiger partial charge in [0.25, 0.3) is 5.91 Å². The SMILES string of the molecule is COc1cc2nc(N3CCN(C(=O)c4cccnc4Cl)CC3)nc(N)c2cc1OC. The maximum atomic E-state index is 12.7. The number of carbonyl (C=O) groups is 1. The molecular weight excluding hydrogens is 408 g/mol. The molecule has 0 radical (unpaired) electrons. The summed E-state index contributed by atoms with van der Waals surface area (Å²) in [5.41, 5.74) is 7.25. The summed E-state index contributed by atoms with van der Waals surface area (Å²) in [6.45, 7) is 2.16. The molecule has 1 saturated heterocycles. The predicted octanol–water partition coefficient (Wildman–Crippen LogP) is 2.24. The van der Waals surface area contributed by atoms with E-state index in [0.717, 1.165) is 0 Å². The van der Waals surface area contributed by atoms with Crippen LogP contribution in [0, 0.1) is 0 Å². The van der Waals surface area contributed by atoms with Crippen LogP contribution in [0.25, 0.3) is 10.9 Å². The van der Waals surface area contributed by atoms with Crippen molar-refractivity contribution < 1.29 is 14.3 Å². The van der Waals surface area contributed by atoms with Gasteiger partial charge in [0.15, 0.2) is 11.5 Å². The lowest BCUT2D eigenvalue weighted by Gasteiger charge is -2.35. The average molecular weight is 429 g/mol. The fraction of sp³-hybridized carbons (Fsp3) is 0.300. The van der Waals surface area contributed by atoms with Crippen LogP contribution in [-0.4, -0.2) is 66.2 Å². The van der Waals surface area contributed by atoms with Gasteiger partial charge in [-0.1, -0.05) is 11.6 Å². The molecule has 1 aromatic carbocycles. The second kappa shape index (κ2) is 8.19. The van der Waals surface area contributed by atoms with E-state index < -0.39 is 0 Å². The molecule has 9 nitrogen and oxygen atoms in total. The van der Waals surface area contributed by atoms with Crippen molar-refractivity contribution in [3.05, 3.63) is 41.2 Å². The zero-order valence-corrected chi connectivity index (χ0v) is 17.4. The highest BCUT2D eigenvalue weighted by Crippen LogP contribution is 2.34. The molecule has 0 spiro atoms. The average Bonchev–Trinajstić information content (AvgIpc) is 2.78. The van der Waals surface area contributed by atoms with Crippen LogP contribution in [-0.2, 0) is 0 Å². The number of anilines is 2. The largest absolute Gasteiger partial charge is 0.493 e. The van der Waals surface area contributed by atoms with Crippen LogP contribution in [0.1, 0.15) is 10.4 Å². The smallest absolute Gasteiger partial charge is 0.257 e. The Hall–Kier alpha value is -3.33. The van der Waals surface area contributed by atoms with Gasteiger partial charge >= 0.3 is 0 Å². The molecule has 1 fully saturated rings. The van der Waals surface area contributed by atoms with Gasteiger partial charge in [-0.05, 0) is 18.2 Å². The van der Waals surface area contributed by atoms with Gasteiger partial charge in [-0.3, -0.25) is 4.79 Å². The summed E-state index contributed by atoms with van der Waals surface area (Å²) in [6.07, 6.45) is 1.56. The Balaban J connectivity index is 1.54. The number of carbonyl (C=O) groups excluding carboxylic acids is 1. The normalized spacial score (nSPS) is 14.1. The fourth-order valence-corrected chi connectivity index (χ4v) is 3.63. The summed E-state index contributed by atoms with van der Waals surface area (Å²) in [5.74, 6) is 1.87. The topological polar surface area (TPSA) is 107 Å². The third-order valence-corrected chi connectivity index (χ3v) is 5.36. The minimum absolute atomic E-state index is 0.136. The van der Waals surface area contributed by atoms with Crippen molar-refractivity contribution >= 4 is 40.2 Å². The number of ether oxygens (including phenoxy) is 2. The van der Waals surface area contributed by atoms with Gasteiger partial charge < -0.3 is 25.0 Å². The Bertz CT molecular complexity index is 1100. The number of benzene rings is 1. The van der Waals surface area contributed by atoms with Crippen molar-refractivity contribution in [2.24, 2.45) is 0 Å². The molecule has 0 aliphatic carbocycles. The number of nitrogens with two attached hydrogens (primary N) is 1. The molecule has 0 saturated carbocycles. The molecular formula is C20H21ClN6O3. The molecule has 1 amide bonds. The lowest BCUT2D eigenvalue weighted by atomic mass is 10.2. The van der Waals surface area contributed by atoms with E-state index in [0.29, 0.717) is 65.9 Å². The summed E-state index contributed by atoms with van der Waals surface area (Å²) in [7, 11) is 3.13. The number of fused-ring (bicyclic) bond motifs is 1. The van der Waals surface area contributed by atoms with Crippen LogP contribution in [0.2, 0.25) is 5.15 Å². The molecule has 0 atom stereocenters. The standard InChI is InChI=1S/C20H21ClN6O3/c1-29-15-10-13-14(11-16(15)30-2)24-20(25-18(13)22)27-8-6-26(7-9-27)19(28)12-4-3-5-23-17(12)21/h3-5,10-11H,6-9H2,1-2H3,(H2,22,24,25). The van der Waals surface area contributed by atoms with Gasteiger partial charge in [0.05, 0.1) is 25.3 Å². The number of nitrogen functional groups attached to an aromatic ring is 1. The number of aromatic nitrogens is 3. The maximum Gasteiger partial charge on any atom is 0.257 e. The zero-order chi connectivity index (χ0) is 21.3. The Morgan fingerprint density at radius 2 is 1.80 bits per heavy atom. The van der Waals surface area contributed by atoms with Gasteiger partial charge in [0.1, 0.15) is 11.0 Å². The van der Waals surface area contributed by atoms with Crippen LogP contribution in [0.15, 0.2) is 30.5 Å². The number of halogens is 1. The third-order valence-electron chi connectivity index (χ3n) is 5.06. The maximum absolute atomic E-state index is 12.7. The molecule has 1 aliphatic heterocycles. The molecule has 2 aromatic heterocycles. The van der Waals surface area contributed by atoms with E-state index in [1.54, 1.807) is 49.6 Å². The molecule has 2 N–H and O–H groups in total. The van der Waals surface area contributed by atoms with Crippen molar-refractivity contribution in [2.75, 3.05) is 51.0 Å². The number of pyridine rings is 1. The molecule has 3 aromatic rings. The van der Waals surface area contributed by atoms with E-state index in [1.807, 2.05) is 4.90 Å². The van der Waals surface area contributed by atoms with E-state index in [9.17, 15) is 4.79 Å². The first-order valence-corrected chi connectivity index (χ1v) is 9.73.